The van der Waals surface area contributed by atoms with E-state index in [1.165, 1.54) is 12.1 Å². The third-order valence-electron chi connectivity index (χ3n) is 10.4. The van der Waals surface area contributed by atoms with E-state index in [1.54, 1.807) is 101 Å². The fraction of sp³-hybridized carbons (Fsp3) is 0.420. The summed E-state index contributed by atoms with van der Waals surface area (Å²) in [4.78, 5) is 96.7. The van der Waals surface area contributed by atoms with Crippen LogP contribution in [0.2, 0.25) is 0 Å². The summed E-state index contributed by atoms with van der Waals surface area (Å²) in [5.41, 5.74) is 1.19. The van der Waals surface area contributed by atoms with Crippen LogP contribution >= 0.6 is 0 Å². The van der Waals surface area contributed by atoms with Gasteiger partial charge in [-0.25, -0.2) is 14.7 Å². The second kappa shape index (κ2) is 26.8. The van der Waals surface area contributed by atoms with Crippen molar-refractivity contribution in [1.82, 2.24) is 21.0 Å². The maximum atomic E-state index is 13.8. The average molecular weight is 927 g/mol. The van der Waals surface area contributed by atoms with Crippen molar-refractivity contribution in [3.8, 4) is 17.1 Å². The van der Waals surface area contributed by atoms with Gasteiger partial charge in [0, 0.05) is 5.56 Å². The van der Waals surface area contributed by atoms with Gasteiger partial charge in [0.15, 0.2) is 5.76 Å². The summed E-state index contributed by atoms with van der Waals surface area (Å²) in [5, 5.41) is 8.97. The lowest BCUT2D eigenvalue weighted by atomic mass is 9.90. The van der Waals surface area contributed by atoms with Crippen LogP contribution in [-0.2, 0) is 56.2 Å². The number of unbranched alkanes of at least 4 members (excludes halogenated alkanes) is 2. The molecule has 0 bridgehead atoms. The van der Waals surface area contributed by atoms with Crippen LogP contribution in [0.15, 0.2) is 95.4 Å². The van der Waals surface area contributed by atoms with Gasteiger partial charge in [-0.3, -0.25) is 28.8 Å². The Morgan fingerprint density at radius 1 is 0.776 bits per heavy atom. The molecule has 4 rings (SSSR count). The van der Waals surface area contributed by atoms with Crippen LogP contribution in [0.4, 0.5) is 0 Å². The number of esters is 3. The third-order valence-corrected chi connectivity index (χ3v) is 10.4. The molecular formula is C50H62N4O13. The van der Waals surface area contributed by atoms with Crippen LogP contribution in [0.5, 0.6) is 5.75 Å². The summed E-state index contributed by atoms with van der Waals surface area (Å²) in [6, 6.07) is 23.4. The van der Waals surface area contributed by atoms with Gasteiger partial charge in [-0.2, -0.15) is 0 Å². The first-order chi connectivity index (χ1) is 32.2. The lowest BCUT2D eigenvalue weighted by Crippen LogP contribution is -2.48. The fourth-order valence-electron chi connectivity index (χ4n) is 6.72. The molecule has 1 heterocycles. The van der Waals surface area contributed by atoms with E-state index in [2.05, 4.69) is 16.0 Å². The largest absolute Gasteiger partial charge is 0.493 e. The van der Waals surface area contributed by atoms with Crippen molar-refractivity contribution in [2.45, 2.75) is 105 Å². The molecule has 3 N–H and O–H groups in total. The van der Waals surface area contributed by atoms with Crippen molar-refractivity contribution < 1.29 is 61.8 Å². The van der Waals surface area contributed by atoms with Crippen molar-refractivity contribution in [2.24, 2.45) is 11.3 Å². The van der Waals surface area contributed by atoms with E-state index >= 15 is 0 Å². The molecule has 0 aliphatic carbocycles. The maximum Gasteiger partial charge on any atom is 0.329 e. The minimum atomic E-state index is -1.40. The van der Waals surface area contributed by atoms with E-state index < -0.39 is 72.3 Å². The van der Waals surface area contributed by atoms with E-state index in [1.807, 2.05) is 19.1 Å². The number of hydrogen-bond acceptors (Lipinski definition) is 13. The fourth-order valence-corrected chi connectivity index (χ4v) is 6.72. The average Bonchev–Trinajstić information content (AvgIpc) is 3.83. The summed E-state index contributed by atoms with van der Waals surface area (Å²) in [6.45, 7) is 9.91. The topological polar surface area (TPSA) is 218 Å². The van der Waals surface area contributed by atoms with Gasteiger partial charge in [-0.15, -0.1) is 0 Å². The number of carbonyl (C=O) groups is 7. The molecule has 0 saturated carbocycles. The molecule has 0 aliphatic heterocycles. The summed E-state index contributed by atoms with van der Waals surface area (Å²) < 4.78 is 27.8. The highest BCUT2D eigenvalue weighted by Gasteiger charge is 2.33. The lowest BCUT2D eigenvalue weighted by molar-refractivity contribution is -0.236. The van der Waals surface area contributed by atoms with Crippen LogP contribution in [-0.4, -0.2) is 79.3 Å². The first kappa shape index (κ1) is 52.6. The molecule has 3 aromatic carbocycles. The zero-order valence-electron chi connectivity index (χ0n) is 39.0. The molecule has 360 valence electrons. The van der Waals surface area contributed by atoms with E-state index in [0.29, 0.717) is 36.8 Å². The van der Waals surface area contributed by atoms with Crippen molar-refractivity contribution in [1.29, 1.82) is 0 Å². The summed E-state index contributed by atoms with van der Waals surface area (Å²) in [6.07, 6.45) is 3.19. The minimum absolute atomic E-state index is 0.0268. The van der Waals surface area contributed by atoms with Gasteiger partial charge in [-0.05, 0) is 75.9 Å². The lowest BCUT2D eigenvalue weighted by Gasteiger charge is -2.32. The molecule has 0 fully saturated rings. The normalized spacial score (nSPS) is 12.4. The second-order valence-electron chi connectivity index (χ2n) is 16.5. The number of rotatable bonds is 27. The Morgan fingerprint density at radius 2 is 1.45 bits per heavy atom. The minimum Gasteiger partial charge on any atom is -0.493 e. The number of amides is 4. The van der Waals surface area contributed by atoms with Crippen LogP contribution < -0.4 is 20.7 Å². The molecule has 1 aromatic heterocycles. The summed E-state index contributed by atoms with van der Waals surface area (Å²) >= 11 is 0. The molecule has 0 radical (unpaired) electrons. The SMILES string of the molecule is CCCCC[C@@H](C(=O)NCNC(=O)c1ccc(-c2ccc(C(=O)N[C@@H](CC(=O)OCc3ccccc3)C(=O)OCc3ccccc3)c(OCC)c2)o1)[C@@H](CC)N(C=O)OCOC(=O)C(C)(C)C. The van der Waals surface area contributed by atoms with Gasteiger partial charge < -0.3 is 39.3 Å². The molecular weight excluding hydrogens is 865 g/mol. The molecule has 0 unspecified atom stereocenters. The first-order valence-corrected chi connectivity index (χ1v) is 22.4. The van der Waals surface area contributed by atoms with Crippen molar-refractivity contribution in [2.75, 3.05) is 20.1 Å². The predicted molar refractivity (Wildman–Crippen MR) is 245 cm³/mol. The number of ether oxygens (including phenoxy) is 4. The standard InChI is InChI=1S/C50H62N4O13/c1-7-10-13-22-37(40(8-2)54(32-55)66-33-65-49(61)50(4,5)6)45(57)51-31-52-47(59)42-26-25-41(67-42)36-23-24-38(43(27-36)62-9-3)46(58)53-39(48(60)64-30-35-20-16-12-17-21-35)28-44(56)63-29-34-18-14-11-15-19-34/h11-12,14-21,23-27,32,37,39-40H,7-10,13,22,28-31,33H2,1-6H3,(H,51,57)(H,52,59)(H,53,58)/t37-,39+,40-/m1/s1. The van der Waals surface area contributed by atoms with E-state index in [0.717, 1.165) is 23.5 Å². The monoisotopic (exact) mass is 926 g/mol. The van der Waals surface area contributed by atoms with Gasteiger partial charge in [0.05, 0.1) is 42.6 Å². The highest BCUT2D eigenvalue weighted by molar-refractivity contribution is 6.00. The van der Waals surface area contributed by atoms with Crippen LogP contribution in [0, 0.1) is 11.3 Å². The summed E-state index contributed by atoms with van der Waals surface area (Å²) in [5.74, 6) is -4.25. The van der Waals surface area contributed by atoms with Crippen molar-refractivity contribution in [3.05, 3.63) is 113 Å². The summed E-state index contributed by atoms with van der Waals surface area (Å²) in [7, 11) is 0. The Kier molecular flexibility index (Phi) is 21.1. The number of nitrogens with one attached hydrogen (secondary N) is 3. The number of nitrogens with zero attached hydrogens (tertiary/aromatic N) is 1. The molecule has 17 heteroatoms. The molecule has 3 atom stereocenters. The van der Waals surface area contributed by atoms with Gasteiger partial charge in [-0.1, -0.05) is 99.8 Å². The molecule has 4 amide bonds. The van der Waals surface area contributed by atoms with Crippen LogP contribution in [0.1, 0.15) is 112 Å². The molecule has 0 aliphatic rings. The zero-order valence-corrected chi connectivity index (χ0v) is 39.0. The van der Waals surface area contributed by atoms with Crippen molar-refractivity contribution in [3.63, 3.8) is 0 Å². The third kappa shape index (κ3) is 16.7. The highest BCUT2D eigenvalue weighted by Crippen LogP contribution is 2.30. The highest BCUT2D eigenvalue weighted by atomic mass is 16.8. The van der Waals surface area contributed by atoms with Gasteiger partial charge in [0.25, 0.3) is 11.8 Å². The Labute approximate surface area is 391 Å². The smallest absolute Gasteiger partial charge is 0.329 e. The zero-order chi connectivity index (χ0) is 48.8. The maximum absolute atomic E-state index is 13.8. The number of hydroxylamine groups is 2. The van der Waals surface area contributed by atoms with Crippen LogP contribution in [0.3, 0.4) is 0 Å². The van der Waals surface area contributed by atoms with E-state index in [4.69, 9.17) is 28.2 Å². The predicted octanol–water partition coefficient (Wildman–Crippen LogP) is 7.04. The van der Waals surface area contributed by atoms with Crippen LogP contribution in [0.25, 0.3) is 11.3 Å². The quantitative estimate of drug-likeness (QED) is 0.0137. The molecule has 0 spiro atoms. The number of benzene rings is 3. The second-order valence-corrected chi connectivity index (χ2v) is 16.5. The van der Waals surface area contributed by atoms with E-state index in [-0.39, 0.29) is 49.3 Å². The Hall–Kier alpha value is -7.01. The van der Waals surface area contributed by atoms with Gasteiger partial charge >= 0.3 is 17.9 Å². The molecule has 67 heavy (non-hydrogen) atoms. The number of furan rings is 1. The number of carbonyl (C=O) groups excluding carboxylic acids is 7. The number of hydrogen-bond donors (Lipinski definition) is 3. The Balaban J connectivity index is 1.42. The Morgan fingerprint density at radius 3 is 2.06 bits per heavy atom. The molecule has 4 aromatic rings. The molecule has 17 nitrogen and oxygen atoms in total. The van der Waals surface area contributed by atoms with Crippen molar-refractivity contribution >= 4 is 42.0 Å². The Bertz CT molecular complexity index is 2240. The van der Waals surface area contributed by atoms with E-state index in [9.17, 15) is 33.6 Å². The first-order valence-electron chi connectivity index (χ1n) is 22.4. The van der Waals surface area contributed by atoms with Gasteiger partial charge in [0.2, 0.25) is 19.1 Å². The molecule has 0 saturated heterocycles. The van der Waals surface area contributed by atoms with Gasteiger partial charge in [0.1, 0.15) is 30.8 Å².